The molecule has 4 nitrogen and oxygen atoms in total. The Balaban J connectivity index is 2.78. The highest BCUT2D eigenvalue weighted by molar-refractivity contribution is 9.10. The molecule has 0 radical (unpaired) electrons. The lowest BCUT2D eigenvalue weighted by Gasteiger charge is -2.20. The van der Waals surface area contributed by atoms with Crippen molar-refractivity contribution in [3.05, 3.63) is 33.8 Å². The van der Waals surface area contributed by atoms with Gasteiger partial charge in [-0.1, -0.05) is 22.0 Å². The summed E-state index contributed by atoms with van der Waals surface area (Å²) in [6.45, 7) is 1.47. The van der Waals surface area contributed by atoms with Crippen LogP contribution in [0.25, 0.3) is 0 Å². The Morgan fingerprint density at radius 3 is 2.48 bits per heavy atom. The van der Waals surface area contributed by atoms with Gasteiger partial charge in [0, 0.05) is 17.9 Å². The maximum absolute atomic E-state index is 12.5. The maximum atomic E-state index is 12.5. The van der Waals surface area contributed by atoms with Crippen LogP contribution in [0.1, 0.15) is 30.6 Å². The number of halogens is 4. The van der Waals surface area contributed by atoms with Crippen LogP contribution in [0.2, 0.25) is 0 Å². The number of aliphatic hydroxyl groups excluding tert-OH is 2. The summed E-state index contributed by atoms with van der Waals surface area (Å²) in [6, 6.07) is 2.79. The van der Waals surface area contributed by atoms with E-state index in [2.05, 4.69) is 21.2 Å². The fraction of sp³-hybridized carbons (Fsp3) is 0.462. The summed E-state index contributed by atoms with van der Waals surface area (Å²) in [5.74, 6) is -0.271. The predicted octanol–water partition coefficient (Wildman–Crippen LogP) is 2.39. The number of amides is 1. The Labute approximate surface area is 128 Å². The largest absolute Gasteiger partial charge is 0.416 e. The van der Waals surface area contributed by atoms with Crippen molar-refractivity contribution in [2.75, 3.05) is 6.54 Å². The van der Waals surface area contributed by atoms with E-state index in [1.165, 1.54) is 6.92 Å². The highest BCUT2D eigenvalue weighted by Gasteiger charge is 2.31. The zero-order chi connectivity index (χ0) is 16.2. The summed E-state index contributed by atoms with van der Waals surface area (Å²) < 4.78 is 37.6. The van der Waals surface area contributed by atoms with Crippen LogP contribution in [-0.2, 0) is 11.0 Å². The number of carbonyl (C=O) groups is 1. The van der Waals surface area contributed by atoms with Crippen LogP contribution in [0.15, 0.2) is 22.7 Å². The topological polar surface area (TPSA) is 69.6 Å². The van der Waals surface area contributed by atoms with Gasteiger partial charge in [-0.15, -0.1) is 0 Å². The first-order valence-corrected chi connectivity index (χ1v) is 6.89. The van der Waals surface area contributed by atoms with Gasteiger partial charge in [0.1, 0.15) is 6.10 Å². The van der Waals surface area contributed by atoms with Crippen LogP contribution >= 0.6 is 15.9 Å². The molecule has 1 rings (SSSR count). The molecule has 1 aromatic rings. The standard InChI is InChI=1S/C13H15BrF3NO3/c1-7(19)18-5-4-11(20)12(21)9-3-2-8(6-10(9)14)13(15,16)17/h2-3,6,11-12,20-21H,4-5H2,1H3,(H,18,19). The predicted molar refractivity (Wildman–Crippen MR) is 73.4 cm³/mol. The Morgan fingerprint density at radius 1 is 1.38 bits per heavy atom. The van der Waals surface area contributed by atoms with Crippen molar-refractivity contribution in [2.24, 2.45) is 0 Å². The van der Waals surface area contributed by atoms with Crippen molar-refractivity contribution in [1.29, 1.82) is 0 Å². The fourth-order valence-electron chi connectivity index (χ4n) is 1.70. The molecule has 1 amide bonds. The average molecular weight is 370 g/mol. The second kappa shape index (κ2) is 7.24. The van der Waals surface area contributed by atoms with Gasteiger partial charge < -0.3 is 15.5 Å². The number of aliphatic hydroxyl groups is 2. The number of hydrogen-bond donors (Lipinski definition) is 3. The van der Waals surface area contributed by atoms with E-state index in [-0.39, 0.29) is 28.9 Å². The molecule has 0 saturated carbocycles. The van der Waals surface area contributed by atoms with Crippen LogP contribution in [-0.4, -0.2) is 28.8 Å². The SMILES string of the molecule is CC(=O)NCCC(O)C(O)c1ccc(C(F)(F)F)cc1Br. The van der Waals surface area contributed by atoms with E-state index in [4.69, 9.17) is 0 Å². The summed E-state index contributed by atoms with van der Waals surface area (Å²) >= 11 is 2.96. The van der Waals surface area contributed by atoms with Crippen molar-refractivity contribution in [3.8, 4) is 0 Å². The Kier molecular flexibility index (Phi) is 6.18. The van der Waals surface area contributed by atoms with Gasteiger partial charge in [0.25, 0.3) is 0 Å². The lowest BCUT2D eigenvalue weighted by molar-refractivity contribution is -0.137. The summed E-state index contributed by atoms with van der Waals surface area (Å²) in [5, 5.41) is 22.2. The molecule has 8 heteroatoms. The lowest BCUT2D eigenvalue weighted by atomic mass is 10.0. The molecule has 0 aliphatic rings. The van der Waals surface area contributed by atoms with Gasteiger partial charge in [-0.3, -0.25) is 4.79 Å². The smallest absolute Gasteiger partial charge is 0.390 e. The summed E-state index contributed by atoms with van der Waals surface area (Å²) in [7, 11) is 0. The minimum Gasteiger partial charge on any atom is -0.390 e. The Bertz CT molecular complexity index is 508. The summed E-state index contributed by atoms with van der Waals surface area (Å²) in [5.41, 5.74) is -0.698. The molecule has 1 aromatic carbocycles. The van der Waals surface area contributed by atoms with Crippen molar-refractivity contribution < 1.29 is 28.2 Å². The number of carbonyl (C=O) groups excluding carboxylic acids is 1. The van der Waals surface area contributed by atoms with Crippen LogP contribution in [0.4, 0.5) is 13.2 Å². The number of benzene rings is 1. The van der Waals surface area contributed by atoms with Gasteiger partial charge in [-0.25, -0.2) is 0 Å². The van der Waals surface area contributed by atoms with Crippen molar-refractivity contribution in [1.82, 2.24) is 5.32 Å². The molecular formula is C13H15BrF3NO3. The third-order valence-corrected chi connectivity index (χ3v) is 3.51. The zero-order valence-corrected chi connectivity index (χ0v) is 12.7. The third kappa shape index (κ3) is 5.29. The number of nitrogens with one attached hydrogen (secondary N) is 1. The van der Waals surface area contributed by atoms with Crippen molar-refractivity contribution in [2.45, 2.75) is 31.7 Å². The molecule has 0 aliphatic heterocycles. The van der Waals surface area contributed by atoms with E-state index in [9.17, 15) is 28.2 Å². The molecule has 118 valence electrons. The molecule has 2 atom stereocenters. The Hall–Kier alpha value is -1.12. The average Bonchev–Trinajstić information content (AvgIpc) is 2.36. The van der Waals surface area contributed by atoms with Gasteiger partial charge in [0.15, 0.2) is 0 Å². The molecule has 0 bridgehead atoms. The highest BCUT2D eigenvalue weighted by Crippen LogP contribution is 2.34. The highest BCUT2D eigenvalue weighted by atomic mass is 79.9. The van der Waals surface area contributed by atoms with Crippen molar-refractivity contribution in [3.63, 3.8) is 0 Å². The van der Waals surface area contributed by atoms with Gasteiger partial charge in [-0.05, 0) is 24.1 Å². The van der Waals surface area contributed by atoms with Gasteiger partial charge in [0.05, 0.1) is 11.7 Å². The van der Waals surface area contributed by atoms with Crippen LogP contribution in [0.3, 0.4) is 0 Å². The molecule has 3 N–H and O–H groups in total. The molecular weight excluding hydrogens is 355 g/mol. The van der Waals surface area contributed by atoms with Crippen LogP contribution in [0, 0.1) is 0 Å². The van der Waals surface area contributed by atoms with E-state index in [1.807, 2.05) is 0 Å². The summed E-state index contributed by atoms with van der Waals surface area (Å²) in [4.78, 5) is 10.7. The second-order valence-corrected chi connectivity index (χ2v) is 5.37. The maximum Gasteiger partial charge on any atom is 0.416 e. The zero-order valence-electron chi connectivity index (χ0n) is 11.1. The monoisotopic (exact) mass is 369 g/mol. The number of hydrogen-bond acceptors (Lipinski definition) is 3. The molecule has 0 fully saturated rings. The molecule has 21 heavy (non-hydrogen) atoms. The normalized spacial score (nSPS) is 14.6. The minimum atomic E-state index is -4.48. The lowest BCUT2D eigenvalue weighted by Crippen LogP contribution is -2.27. The number of rotatable bonds is 5. The van der Waals surface area contributed by atoms with Crippen LogP contribution in [0.5, 0.6) is 0 Å². The first-order valence-electron chi connectivity index (χ1n) is 6.10. The van der Waals surface area contributed by atoms with E-state index >= 15 is 0 Å². The summed E-state index contributed by atoms with van der Waals surface area (Å²) in [6.07, 6.45) is -6.95. The van der Waals surface area contributed by atoms with Gasteiger partial charge in [-0.2, -0.15) is 13.2 Å². The minimum absolute atomic E-state index is 0.0587. The van der Waals surface area contributed by atoms with E-state index < -0.39 is 23.9 Å². The van der Waals surface area contributed by atoms with E-state index in [1.54, 1.807) is 0 Å². The van der Waals surface area contributed by atoms with Crippen LogP contribution < -0.4 is 5.32 Å². The third-order valence-electron chi connectivity index (χ3n) is 2.82. The van der Waals surface area contributed by atoms with E-state index in [0.717, 1.165) is 18.2 Å². The van der Waals surface area contributed by atoms with Gasteiger partial charge in [0.2, 0.25) is 5.91 Å². The second-order valence-electron chi connectivity index (χ2n) is 4.52. The van der Waals surface area contributed by atoms with Gasteiger partial charge >= 0.3 is 6.18 Å². The molecule has 0 saturated heterocycles. The molecule has 0 spiro atoms. The molecule has 2 unspecified atom stereocenters. The first-order chi connectivity index (χ1) is 9.62. The number of alkyl halides is 3. The van der Waals surface area contributed by atoms with E-state index in [0.29, 0.717) is 0 Å². The van der Waals surface area contributed by atoms with Crippen molar-refractivity contribution >= 4 is 21.8 Å². The Morgan fingerprint density at radius 2 is 2.00 bits per heavy atom. The molecule has 0 aliphatic carbocycles. The molecule has 0 aromatic heterocycles. The molecule has 0 heterocycles. The fourth-order valence-corrected chi connectivity index (χ4v) is 2.32. The first kappa shape index (κ1) is 17.9. The quantitative estimate of drug-likeness (QED) is 0.746.